The van der Waals surface area contributed by atoms with Crippen LogP contribution in [0.25, 0.3) is 43.4 Å². The van der Waals surface area contributed by atoms with E-state index in [9.17, 15) is 0 Å². The molecule has 0 heterocycles. The van der Waals surface area contributed by atoms with Crippen molar-refractivity contribution in [1.82, 2.24) is 4.90 Å². The molecule has 0 amide bonds. The Hall–Kier alpha value is -2.58. The number of hydrogen-bond donors (Lipinski definition) is 0. The van der Waals surface area contributed by atoms with E-state index >= 15 is 0 Å². The highest BCUT2D eigenvalue weighted by Gasteiger charge is 2.12. The third-order valence-electron chi connectivity index (χ3n) is 6.22. The van der Waals surface area contributed by atoms with Crippen LogP contribution < -0.4 is 0 Å². The number of halogens is 2. The number of nitrogens with zero attached hydrogens (tertiary/aromatic N) is 1. The summed E-state index contributed by atoms with van der Waals surface area (Å²) in [5, 5.41) is 7.72. The summed E-state index contributed by atoms with van der Waals surface area (Å²) in [4.78, 5) is 2.30. The maximum atomic E-state index is 5.97. The van der Waals surface area contributed by atoms with Gasteiger partial charge in [0.2, 0.25) is 0 Å². The van der Waals surface area contributed by atoms with E-state index in [0.717, 1.165) is 19.6 Å². The zero-order valence-electron chi connectivity index (χ0n) is 17.9. The van der Waals surface area contributed by atoms with Crippen molar-refractivity contribution >= 4 is 55.5 Å². The molecule has 0 fully saturated rings. The first kappa shape index (κ1) is 21.3. The molecule has 0 atom stereocenters. The second kappa shape index (κ2) is 9.50. The van der Waals surface area contributed by atoms with Crippen LogP contribution in [0.15, 0.2) is 91.0 Å². The van der Waals surface area contributed by atoms with Gasteiger partial charge in [0.1, 0.15) is 0 Å². The fraction of sp³-hybridized carbons (Fsp3) is 0.172. The SMILES string of the molecule is ClCCN(CCCl)Cc1ccc(-c2c3ccccc3cc3c2ccc2ccccc23)cc1. The van der Waals surface area contributed by atoms with Gasteiger partial charge in [-0.2, -0.15) is 0 Å². The third kappa shape index (κ3) is 4.09. The molecule has 1 nitrogen and oxygen atoms in total. The third-order valence-corrected chi connectivity index (χ3v) is 6.56. The Morgan fingerprint density at radius 3 is 1.94 bits per heavy atom. The molecule has 0 bridgehead atoms. The second-order valence-electron chi connectivity index (χ2n) is 8.21. The van der Waals surface area contributed by atoms with E-state index in [4.69, 9.17) is 23.2 Å². The van der Waals surface area contributed by atoms with Gasteiger partial charge in [0.05, 0.1) is 0 Å². The van der Waals surface area contributed by atoms with Crippen LogP contribution in [-0.2, 0) is 6.54 Å². The van der Waals surface area contributed by atoms with E-state index in [-0.39, 0.29) is 0 Å². The molecule has 0 radical (unpaired) electrons. The highest BCUT2D eigenvalue weighted by molar-refractivity contribution is 6.20. The Kier molecular flexibility index (Phi) is 6.32. The molecule has 0 N–H and O–H groups in total. The fourth-order valence-electron chi connectivity index (χ4n) is 4.68. The fourth-order valence-corrected chi connectivity index (χ4v) is 5.15. The molecule has 0 saturated heterocycles. The molecule has 0 saturated carbocycles. The van der Waals surface area contributed by atoms with Crippen molar-refractivity contribution in [1.29, 1.82) is 0 Å². The predicted octanol–water partition coefficient (Wildman–Crippen LogP) is 8.09. The van der Waals surface area contributed by atoms with Crippen molar-refractivity contribution in [3.05, 3.63) is 96.6 Å². The van der Waals surface area contributed by atoms with Gasteiger partial charge >= 0.3 is 0 Å². The molecule has 3 heteroatoms. The number of fused-ring (bicyclic) bond motifs is 4. The normalized spacial score (nSPS) is 11.7. The van der Waals surface area contributed by atoms with Gasteiger partial charge in [0.15, 0.2) is 0 Å². The zero-order chi connectivity index (χ0) is 21.9. The van der Waals surface area contributed by atoms with Crippen LogP contribution in [0.4, 0.5) is 0 Å². The summed E-state index contributed by atoms with van der Waals surface area (Å²) in [5.74, 6) is 1.23. The molecular weight excluding hydrogens is 433 g/mol. The van der Waals surface area contributed by atoms with E-state index in [1.807, 2.05) is 0 Å². The number of rotatable bonds is 7. The predicted molar refractivity (Wildman–Crippen MR) is 141 cm³/mol. The van der Waals surface area contributed by atoms with Crippen LogP contribution in [0.3, 0.4) is 0 Å². The molecule has 160 valence electrons. The standard InChI is InChI=1S/C29H25Cl2N/c30-15-17-32(18-16-31)20-21-9-11-23(12-10-21)29-26-8-4-2-6-24(26)19-28-25-7-3-1-5-22(25)13-14-27(28)29/h1-14,19H,15-18,20H2. The van der Waals surface area contributed by atoms with Crippen LogP contribution in [0.5, 0.6) is 0 Å². The highest BCUT2D eigenvalue weighted by atomic mass is 35.5. The van der Waals surface area contributed by atoms with Gasteiger partial charge in [-0.05, 0) is 55.1 Å². The molecule has 0 aromatic heterocycles. The minimum atomic E-state index is 0.616. The van der Waals surface area contributed by atoms with Crippen molar-refractivity contribution in [3.8, 4) is 11.1 Å². The first-order valence-electron chi connectivity index (χ1n) is 11.1. The van der Waals surface area contributed by atoms with Gasteiger partial charge < -0.3 is 0 Å². The van der Waals surface area contributed by atoms with Crippen LogP contribution in [-0.4, -0.2) is 29.7 Å². The van der Waals surface area contributed by atoms with Gasteiger partial charge in [-0.3, -0.25) is 4.90 Å². The molecular formula is C29H25Cl2N. The monoisotopic (exact) mass is 457 g/mol. The van der Waals surface area contributed by atoms with Crippen molar-refractivity contribution < 1.29 is 0 Å². The molecule has 5 aromatic rings. The Morgan fingerprint density at radius 1 is 0.562 bits per heavy atom. The smallest absolute Gasteiger partial charge is 0.0351 e. The lowest BCUT2D eigenvalue weighted by Gasteiger charge is -2.20. The van der Waals surface area contributed by atoms with Crippen molar-refractivity contribution in [2.45, 2.75) is 6.54 Å². The van der Waals surface area contributed by atoms with E-state index in [0.29, 0.717) is 11.8 Å². The molecule has 5 rings (SSSR count). The van der Waals surface area contributed by atoms with E-state index < -0.39 is 0 Å². The van der Waals surface area contributed by atoms with Gasteiger partial charge in [0.25, 0.3) is 0 Å². The van der Waals surface area contributed by atoms with Crippen molar-refractivity contribution in [2.75, 3.05) is 24.8 Å². The van der Waals surface area contributed by atoms with Gasteiger partial charge in [-0.1, -0.05) is 84.9 Å². The van der Waals surface area contributed by atoms with E-state index in [1.165, 1.54) is 49.0 Å². The first-order valence-corrected chi connectivity index (χ1v) is 12.1. The van der Waals surface area contributed by atoms with Crippen molar-refractivity contribution in [3.63, 3.8) is 0 Å². The minimum Gasteiger partial charge on any atom is -0.297 e. The molecule has 32 heavy (non-hydrogen) atoms. The molecule has 0 spiro atoms. The van der Waals surface area contributed by atoms with Crippen molar-refractivity contribution in [2.24, 2.45) is 0 Å². The van der Waals surface area contributed by atoms with Crippen LogP contribution in [0.1, 0.15) is 5.56 Å². The zero-order valence-corrected chi connectivity index (χ0v) is 19.4. The Balaban J connectivity index is 1.65. The summed E-state index contributed by atoms with van der Waals surface area (Å²) >= 11 is 11.9. The minimum absolute atomic E-state index is 0.616. The number of hydrogen-bond acceptors (Lipinski definition) is 1. The lowest BCUT2D eigenvalue weighted by atomic mass is 9.89. The average molecular weight is 458 g/mol. The van der Waals surface area contributed by atoms with E-state index in [1.54, 1.807) is 0 Å². The second-order valence-corrected chi connectivity index (χ2v) is 8.96. The highest BCUT2D eigenvalue weighted by Crippen LogP contribution is 2.39. The van der Waals surface area contributed by atoms with E-state index in [2.05, 4.69) is 95.9 Å². The number of benzene rings is 5. The number of alkyl halides is 2. The van der Waals surface area contributed by atoms with Gasteiger partial charge in [-0.25, -0.2) is 0 Å². The molecule has 0 aliphatic carbocycles. The quantitative estimate of drug-likeness (QED) is 0.135. The summed E-state index contributed by atoms with van der Waals surface area (Å²) in [7, 11) is 0. The molecule has 0 aliphatic rings. The summed E-state index contributed by atoms with van der Waals surface area (Å²) in [6.07, 6.45) is 0. The largest absolute Gasteiger partial charge is 0.297 e. The Bertz CT molecular complexity index is 1370. The summed E-state index contributed by atoms with van der Waals surface area (Å²) < 4.78 is 0. The summed E-state index contributed by atoms with van der Waals surface area (Å²) in [6, 6.07) is 33.2. The van der Waals surface area contributed by atoms with Gasteiger partial charge in [0, 0.05) is 31.4 Å². The first-order chi connectivity index (χ1) is 15.8. The Labute approximate surface area is 199 Å². The van der Waals surface area contributed by atoms with Crippen LogP contribution in [0, 0.1) is 0 Å². The summed E-state index contributed by atoms with van der Waals surface area (Å²) in [5.41, 5.74) is 3.82. The Morgan fingerprint density at radius 2 is 1.22 bits per heavy atom. The lowest BCUT2D eigenvalue weighted by Crippen LogP contribution is -2.27. The topological polar surface area (TPSA) is 3.24 Å². The lowest BCUT2D eigenvalue weighted by molar-refractivity contribution is 0.299. The van der Waals surface area contributed by atoms with Gasteiger partial charge in [-0.15, -0.1) is 23.2 Å². The maximum Gasteiger partial charge on any atom is 0.0351 e. The summed E-state index contributed by atoms with van der Waals surface area (Å²) in [6.45, 7) is 2.55. The molecule has 5 aromatic carbocycles. The maximum absolute atomic E-state index is 5.97. The van der Waals surface area contributed by atoms with Crippen LogP contribution >= 0.6 is 23.2 Å². The molecule has 0 aliphatic heterocycles. The molecule has 0 unspecified atom stereocenters. The van der Waals surface area contributed by atoms with Crippen LogP contribution in [0.2, 0.25) is 0 Å². The average Bonchev–Trinajstić information content (AvgIpc) is 2.83.